The number of rotatable bonds is 2. The van der Waals surface area contributed by atoms with Crippen LogP contribution >= 0.6 is 11.9 Å². The van der Waals surface area contributed by atoms with Gasteiger partial charge in [0.1, 0.15) is 5.65 Å². The molecule has 2 aromatic heterocycles. The molecule has 0 radical (unpaired) electrons. The highest BCUT2D eigenvalue weighted by molar-refractivity contribution is 7.98. The summed E-state index contributed by atoms with van der Waals surface area (Å²) in [6, 6.07) is 12.6. The summed E-state index contributed by atoms with van der Waals surface area (Å²) in [6.45, 7) is 4.21. The van der Waals surface area contributed by atoms with Crippen molar-refractivity contribution in [2.45, 2.75) is 18.7 Å². The number of aryl methyl sites for hydroxylation is 2. The van der Waals surface area contributed by atoms with E-state index in [0.29, 0.717) is 0 Å². The molecule has 0 saturated heterocycles. The number of nitrogens with zero attached hydrogens (tertiary/aromatic N) is 2. The minimum Gasteiger partial charge on any atom is -0.270 e. The van der Waals surface area contributed by atoms with Gasteiger partial charge in [-0.15, -0.1) is 0 Å². The Bertz CT molecular complexity index is 686. The first-order chi connectivity index (χ1) is 8.74. The van der Waals surface area contributed by atoms with Crippen LogP contribution in [0.4, 0.5) is 0 Å². The lowest BCUT2D eigenvalue weighted by Gasteiger charge is -2.03. The van der Waals surface area contributed by atoms with Crippen molar-refractivity contribution in [2.24, 2.45) is 0 Å². The minimum atomic E-state index is 1.03. The largest absolute Gasteiger partial charge is 0.270 e. The smallest absolute Gasteiger partial charge is 0.150 e. The van der Waals surface area contributed by atoms with Crippen LogP contribution in [0.2, 0.25) is 0 Å². The number of hydrogen-bond acceptors (Lipinski definition) is 2. The van der Waals surface area contributed by atoms with E-state index in [0.717, 1.165) is 5.65 Å². The van der Waals surface area contributed by atoms with Crippen LogP contribution in [0, 0.1) is 13.8 Å². The van der Waals surface area contributed by atoms with Gasteiger partial charge in [-0.05, 0) is 55.1 Å². The van der Waals surface area contributed by atoms with Crippen molar-refractivity contribution < 1.29 is 0 Å². The van der Waals surface area contributed by atoms with E-state index in [-0.39, 0.29) is 0 Å². The second kappa shape index (κ2) is 4.50. The second-order valence-corrected chi connectivity index (χ2v) is 5.47. The van der Waals surface area contributed by atoms with Crippen LogP contribution in [-0.2, 0) is 0 Å². The van der Waals surface area contributed by atoms with E-state index >= 15 is 0 Å². The fourth-order valence-electron chi connectivity index (χ4n) is 2.00. The highest BCUT2D eigenvalue weighted by Crippen LogP contribution is 2.28. The Morgan fingerprint density at radius 1 is 1.11 bits per heavy atom. The Hall–Kier alpha value is -1.74. The van der Waals surface area contributed by atoms with Gasteiger partial charge in [-0.1, -0.05) is 18.2 Å². The zero-order valence-corrected chi connectivity index (χ0v) is 11.2. The number of fused-ring (bicyclic) bond motifs is 1. The van der Waals surface area contributed by atoms with E-state index in [9.17, 15) is 0 Å². The van der Waals surface area contributed by atoms with Crippen LogP contribution in [0.5, 0.6) is 0 Å². The highest BCUT2D eigenvalue weighted by Gasteiger charge is 2.07. The lowest BCUT2D eigenvalue weighted by atomic mass is 10.2. The summed E-state index contributed by atoms with van der Waals surface area (Å²) in [5, 5.41) is 1.23. The summed E-state index contributed by atoms with van der Waals surface area (Å²) in [5.41, 5.74) is 3.50. The molecule has 3 heteroatoms. The molecule has 2 heterocycles. The predicted octanol–water partition coefficient (Wildman–Crippen LogP) is 4.21. The first-order valence-corrected chi connectivity index (χ1v) is 6.69. The molecule has 1 aromatic carbocycles. The maximum atomic E-state index is 4.54. The molecule has 0 spiro atoms. The van der Waals surface area contributed by atoms with Crippen molar-refractivity contribution >= 4 is 23.0 Å². The molecule has 2 nitrogen and oxygen atoms in total. The molecule has 0 bridgehead atoms. The van der Waals surface area contributed by atoms with Crippen LogP contribution in [0.15, 0.2) is 53.7 Å². The van der Waals surface area contributed by atoms with Crippen molar-refractivity contribution in [1.29, 1.82) is 0 Å². The van der Waals surface area contributed by atoms with Crippen molar-refractivity contribution in [3.05, 3.63) is 59.9 Å². The number of hydrogen-bond donors (Lipinski definition) is 0. The van der Waals surface area contributed by atoms with Gasteiger partial charge in [0.05, 0.1) is 0 Å². The molecule has 3 rings (SSSR count). The van der Waals surface area contributed by atoms with E-state index < -0.39 is 0 Å². The molecule has 0 atom stereocenters. The van der Waals surface area contributed by atoms with E-state index in [4.69, 9.17) is 0 Å². The van der Waals surface area contributed by atoms with Gasteiger partial charge in [0.2, 0.25) is 0 Å². The van der Waals surface area contributed by atoms with Gasteiger partial charge in [-0.2, -0.15) is 0 Å². The summed E-state index contributed by atoms with van der Waals surface area (Å²) < 4.78 is 2.14. The van der Waals surface area contributed by atoms with Gasteiger partial charge in [-0.3, -0.25) is 3.97 Å². The van der Waals surface area contributed by atoms with Gasteiger partial charge in [0, 0.05) is 22.7 Å². The average molecular weight is 254 g/mol. The summed E-state index contributed by atoms with van der Waals surface area (Å²) >= 11 is 1.70. The third-order valence-corrected chi connectivity index (χ3v) is 3.85. The van der Waals surface area contributed by atoms with Crippen LogP contribution < -0.4 is 0 Å². The van der Waals surface area contributed by atoms with Gasteiger partial charge in [0.25, 0.3) is 0 Å². The van der Waals surface area contributed by atoms with Crippen molar-refractivity contribution in [1.82, 2.24) is 8.96 Å². The summed E-state index contributed by atoms with van der Waals surface area (Å²) in [5.74, 6) is 0. The molecule has 0 aliphatic carbocycles. The van der Waals surface area contributed by atoms with Crippen LogP contribution in [0.3, 0.4) is 0 Å². The fourth-order valence-corrected chi connectivity index (χ4v) is 2.95. The van der Waals surface area contributed by atoms with E-state index in [1.807, 2.05) is 12.3 Å². The molecule has 3 aromatic rings. The zero-order valence-electron chi connectivity index (χ0n) is 10.4. The van der Waals surface area contributed by atoms with Crippen molar-refractivity contribution in [3.63, 3.8) is 0 Å². The number of benzene rings is 1. The molecule has 0 aliphatic rings. The molecular weight excluding hydrogens is 240 g/mol. The lowest BCUT2D eigenvalue weighted by Crippen LogP contribution is -1.87. The molecule has 0 fully saturated rings. The Labute approximate surface area is 111 Å². The molecular formula is C15H14N2S. The third-order valence-electron chi connectivity index (χ3n) is 2.89. The molecule has 0 saturated carbocycles. The van der Waals surface area contributed by atoms with E-state index in [1.165, 1.54) is 21.4 Å². The molecule has 18 heavy (non-hydrogen) atoms. The first-order valence-electron chi connectivity index (χ1n) is 5.92. The summed E-state index contributed by atoms with van der Waals surface area (Å²) in [7, 11) is 0. The number of pyridine rings is 1. The molecule has 0 unspecified atom stereocenters. The predicted molar refractivity (Wildman–Crippen MR) is 76.9 cm³/mol. The molecule has 0 amide bonds. The molecule has 0 N–H and O–H groups in total. The van der Waals surface area contributed by atoms with Crippen LogP contribution in [0.25, 0.3) is 11.0 Å². The van der Waals surface area contributed by atoms with Crippen molar-refractivity contribution in [3.8, 4) is 0 Å². The van der Waals surface area contributed by atoms with Crippen LogP contribution in [-0.4, -0.2) is 8.96 Å². The maximum Gasteiger partial charge on any atom is 0.150 e. The summed E-state index contributed by atoms with van der Waals surface area (Å²) in [4.78, 5) is 5.76. The first kappa shape index (κ1) is 11.4. The standard InChI is InChI=1S/C15H14N2S/c1-11-8-14-12(2)10-17(15(14)16-9-11)18-13-6-4-3-5-7-13/h3-10H,1-2H3. The quantitative estimate of drug-likeness (QED) is 0.682. The maximum absolute atomic E-state index is 4.54. The monoisotopic (exact) mass is 254 g/mol. The second-order valence-electron chi connectivity index (χ2n) is 4.43. The van der Waals surface area contributed by atoms with Gasteiger partial charge >= 0.3 is 0 Å². The van der Waals surface area contributed by atoms with Crippen molar-refractivity contribution in [2.75, 3.05) is 0 Å². The highest BCUT2D eigenvalue weighted by atomic mass is 32.2. The lowest BCUT2D eigenvalue weighted by molar-refractivity contribution is 1.22. The normalized spacial score (nSPS) is 11.0. The average Bonchev–Trinajstić information content (AvgIpc) is 2.67. The molecule has 90 valence electrons. The van der Waals surface area contributed by atoms with Crippen LogP contribution in [0.1, 0.15) is 11.1 Å². The molecule has 0 aliphatic heterocycles. The SMILES string of the molecule is Cc1cnc2c(c1)c(C)cn2Sc1ccccc1. The Morgan fingerprint density at radius 3 is 2.67 bits per heavy atom. The zero-order chi connectivity index (χ0) is 12.5. The third kappa shape index (κ3) is 2.02. The number of aromatic nitrogens is 2. The van der Waals surface area contributed by atoms with Gasteiger partial charge in [0.15, 0.2) is 0 Å². The van der Waals surface area contributed by atoms with Gasteiger partial charge in [-0.25, -0.2) is 4.98 Å². The Balaban J connectivity index is 2.08. The minimum absolute atomic E-state index is 1.03. The Morgan fingerprint density at radius 2 is 1.89 bits per heavy atom. The van der Waals surface area contributed by atoms with E-state index in [2.05, 4.69) is 59.3 Å². The van der Waals surface area contributed by atoms with E-state index in [1.54, 1.807) is 11.9 Å². The fraction of sp³-hybridized carbons (Fsp3) is 0.133. The van der Waals surface area contributed by atoms with Gasteiger partial charge < -0.3 is 0 Å². The topological polar surface area (TPSA) is 17.8 Å². The summed E-state index contributed by atoms with van der Waals surface area (Å²) in [6.07, 6.45) is 4.07. The Kier molecular flexibility index (Phi) is 2.84.